The molecule has 0 aliphatic carbocycles. The van der Waals surface area contributed by atoms with E-state index < -0.39 is 5.97 Å². The molecule has 8 heteroatoms. The third-order valence-corrected chi connectivity index (χ3v) is 6.23. The van der Waals surface area contributed by atoms with Gasteiger partial charge in [0.15, 0.2) is 6.61 Å². The number of aryl methyl sites for hydroxylation is 2. The Bertz CT molecular complexity index is 947. The van der Waals surface area contributed by atoms with Gasteiger partial charge in [0.1, 0.15) is 15.5 Å². The lowest BCUT2D eigenvalue weighted by molar-refractivity contribution is -0.124. The van der Waals surface area contributed by atoms with Gasteiger partial charge in [-0.25, -0.2) is 9.78 Å². The fourth-order valence-corrected chi connectivity index (χ4v) is 4.71. The quantitative estimate of drug-likeness (QED) is 0.746. The summed E-state index contributed by atoms with van der Waals surface area (Å²) in [5.74, 6) is -0.114. The molecule has 0 saturated heterocycles. The molecule has 1 N–H and O–H groups in total. The summed E-state index contributed by atoms with van der Waals surface area (Å²) >= 11 is 1.17. The van der Waals surface area contributed by atoms with Crippen molar-refractivity contribution < 1.29 is 14.3 Å². The number of nitrogens with one attached hydrogen (secondary N) is 1. The molecule has 28 heavy (non-hydrogen) atoms. The van der Waals surface area contributed by atoms with Gasteiger partial charge in [0.05, 0.1) is 5.39 Å². The van der Waals surface area contributed by atoms with Gasteiger partial charge in [0.25, 0.3) is 11.5 Å². The number of carbonyl (C=O) groups excluding carboxylic acids is 2. The second kappa shape index (κ2) is 8.86. The number of ether oxygens (including phenoxy) is 1. The lowest BCUT2D eigenvalue weighted by Gasteiger charge is -2.12. The van der Waals surface area contributed by atoms with Crippen molar-refractivity contribution >= 4 is 33.4 Å². The maximum Gasteiger partial charge on any atom is 0.349 e. The van der Waals surface area contributed by atoms with Gasteiger partial charge < -0.3 is 10.1 Å². The van der Waals surface area contributed by atoms with E-state index in [9.17, 15) is 14.4 Å². The van der Waals surface area contributed by atoms with Crippen LogP contribution >= 0.6 is 11.3 Å². The molecule has 1 aliphatic rings. The van der Waals surface area contributed by atoms with E-state index in [1.807, 2.05) is 13.8 Å². The molecule has 2 aromatic heterocycles. The van der Waals surface area contributed by atoms with Gasteiger partial charge in [-0.2, -0.15) is 0 Å². The summed E-state index contributed by atoms with van der Waals surface area (Å²) in [7, 11) is 0. The summed E-state index contributed by atoms with van der Waals surface area (Å²) in [5, 5.41) is 3.29. The summed E-state index contributed by atoms with van der Waals surface area (Å²) in [6, 6.07) is 0.0434. The summed E-state index contributed by atoms with van der Waals surface area (Å²) in [4.78, 5) is 43.0. The fraction of sp³-hybridized carbons (Fsp3) is 0.600. The highest BCUT2D eigenvalue weighted by Gasteiger charge is 2.23. The Morgan fingerprint density at radius 1 is 1.32 bits per heavy atom. The molecule has 1 aliphatic heterocycles. The number of hydrogen-bond donors (Lipinski definition) is 1. The van der Waals surface area contributed by atoms with Crippen molar-refractivity contribution in [1.29, 1.82) is 0 Å². The molecule has 3 heterocycles. The van der Waals surface area contributed by atoms with Crippen LogP contribution in [0.25, 0.3) is 10.2 Å². The van der Waals surface area contributed by atoms with E-state index in [1.165, 1.54) is 11.3 Å². The standard InChI is InChI=1S/C20H27N3O4S/c1-4-8-12(2)21-15(24)11-27-20(26)17-13(3)16-18(28-17)22-14-9-6-5-7-10-23(14)19(16)25/h12H,4-11H2,1-3H3,(H,21,24). The molecule has 7 nitrogen and oxygen atoms in total. The highest BCUT2D eigenvalue weighted by molar-refractivity contribution is 7.20. The lowest BCUT2D eigenvalue weighted by Crippen LogP contribution is -2.35. The highest BCUT2D eigenvalue weighted by Crippen LogP contribution is 2.28. The largest absolute Gasteiger partial charge is 0.451 e. The van der Waals surface area contributed by atoms with E-state index in [-0.39, 0.29) is 24.1 Å². The van der Waals surface area contributed by atoms with Crippen LogP contribution in [0.3, 0.4) is 0 Å². The van der Waals surface area contributed by atoms with Crippen LogP contribution in [0, 0.1) is 6.92 Å². The minimum absolute atomic E-state index is 0.0434. The molecule has 0 spiro atoms. The zero-order chi connectivity index (χ0) is 20.3. The molecule has 3 rings (SSSR count). The number of aromatic nitrogens is 2. The lowest BCUT2D eigenvalue weighted by atomic mass is 10.2. The maximum atomic E-state index is 12.9. The van der Waals surface area contributed by atoms with Crippen LogP contribution in [0.4, 0.5) is 0 Å². The Balaban J connectivity index is 1.79. The number of rotatable bonds is 6. The summed E-state index contributed by atoms with van der Waals surface area (Å²) in [6.45, 7) is 6.04. The van der Waals surface area contributed by atoms with E-state index >= 15 is 0 Å². The molecule has 152 valence electrons. The number of esters is 1. The van der Waals surface area contributed by atoms with Crippen molar-refractivity contribution in [3.05, 3.63) is 26.6 Å². The molecule has 0 saturated carbocycles. The molecule has 0 radical (unpaired) electrons. The van der Waals surface area contributed by atoms with Gasteiger partial charge in [-0.05, 0) is 38.7 Å². The van der Waals surface area contributed by atoms with Crippen molar-refractivity contribution in [3.8, 4) is 0 Å². The van der Waals surface area contributed by atoms with E-state index in [1.54, 1.807) is 11.5 Å². The first-order valence-corrected chi connectivity index (χ1v) is 10.7. The SMILES string of the molecule is CCCC(C)NC(=O)COC(=O)c1sc2nc3n(c(=O)c2c1C)CCCCC3. The Morgan fingerprint density at radius 3 is 2.86 bits per heavy atom. The third-order valence-electron chi connectivity index (χ3n) is 5.06. The van der Waals surface area contributed by atoms with Crippen molar-refractivity contribution in [2.24, 2.45) is 0 Å². The molecule has 0 fully saturated rings. The van der Waals surface area contributed by atoms with Crippen LogP contribution in [0.15, 0.2) is 4.79 Å². The monoisotopic (exact) mass is 405 g/mol. The zero-order valence-corrected chi connectivity index (χ0v) is 17.5. The third kappa shape index (κ3) is 4.27. The number of nitrogens with zero attached hydrogens (tertiary/aromatic N) is 2. The number of carbonyl (C=O) groups is 2. The minimum atomic E-state index is -0.585. The van der Waals surface area contributed by atoms with Crippen LogP contribution < -0.4 is 10.9 Å². The van der Waals surface area contributed by atoms with Gasteiger partial charge in [0, 0.05) is 19.0 Å². The smallest absolute Gasteiger partial charge is 0.349 e. The van der Waals surface area contributed by atoms with E-state index in [4.69, 9.17) is 4.74 Å². The van der Waals surface area contributed by atoms with Gasteiger partial charge in [0.2, 0.25) is 0 Å². The number of hydrogen-bond acceptors (Lipinski definition) is 6. The molecule has 2 aromatic rings. The average molecular weight is 406 g/mol. The van der Waals surface area contributed by atoms with Crippen LogP contribution in [-0.4, -0.2) is 34.1 Å². The summed E-state index contributed by atoms with van der Waals surface area (Å²) < 4.78 is 6.93. The molecule has 0 aromatic carbocycles. The Labute approximate surface area is 168 Å². The van der Waals surface area contributed by atoms with Gasteiger partial charge in [-0.1, -0.05) is 19.8 Å². The van der Waals surface area contributed by atoms with Crippen molar-refractivity contribution in [2.45, 2.75) is 71.9 Å². The topological polar surface area (TPSA) is 90.3 Å². The predicted octanol–water partition coefficient (Wildman–Crippen LogP) is 2.95. The minimum Gasteiger partial charge on any atom is -0.451 e. The predicted molar refractivity (Wildman–Crippen MR) is 109 cm³/mol. The van der Waals surface area contributed by atoms with Crippen LogP contribution in [0.2, 0.25) is 0 Å². The maximum absolute atomic E-state index is 12.9. The Morgan fingerprint density at radius 2 is 2.11 bits per heavy atom. The first kappa shape index (κ1) is 20.5. The van der Waals surface area contributed by atoms with Gasteiger partial charge >= 0.3 is 5.97 Å². The van der Waals surface area contributed by atoms with E-state index in [0.29, 0.717) is 27.2 Å². The van der Waals surface area contributed by atoms with E-state index in [2.05, 4.69) is 10.3 Å². The van der Waals surface area contributed by atoms with Crippen molar-refractivity contribution in [1.82, 2.24) is 14.9 Å². The molecule has 1 atom stereocenters. The summed E-state index contributed by atoms with van der Waals surface area (Å²) in [6.07, 6.45) is 5.68. The van der Waals surface area contributed by atoms with Crippen LogP contribution in [-0.2, 0) is 22.5 Å². The fourth-order valence-electron chi connectivity index (χ4n) is 3.62. The average Bonchev–Trinajstić information content (AvgIpc) is 2.82. The molecule has 0 bridgehead atoms. The normalized spacial score (nSPS) is 15.0. The molecule has 1 amide bonds. The van der Waals surface area contributed by atoms with Crippen molar-refractivity contribution in [2.75, 3.05) is 6.61 Å². The zero-order valence-electron chi connectivity index (χ0n) is 16.7. The van der Waals surface area contributed by atoms with Gasteiger partial charge in [-0.3, -0.25) is 14.2 Å². The molecule has 1 unspecified atom stereocenters. The van der Waals surface area contributed by atoms with Crippen LogP contribution in [0.1, 0.15) is 67.0 Å². The molecular formula is C20H27N3O4S. The summed E-state index contributed by atoms with van der Waals surface area (Å²) in [5.41, 5.74) is 0.502. The van der Waals surface area contributed by atoms with E-state index in [0.717, 1.165) is 44.3 Å². The second-order valence-electron chi connectivity index (χ2n) is 7.37. The van der Waals surface area contributed by atoms with Crippen LogP contribution in [0.5, 0.6) is 0 Å². The highest BCUT2D eigenvalue weighted by atomic mass is 32.1. The molecular weight excluding hydrogens is 378 g/mol. The number of amides is 1. The Hall–Kier alpha value is -2.22. The van der Waals surface area contributed by atoms with Gasteiger partial charge in [-0.15, -0.1) is 11.3 Å². The number of fused-ring (bicyclic) bond motifs is 2. The Kier molecular flexibility index (Phi) is 6.49. The van der Waals surface area contributed by atoms with Crippen molar-refractivity contribution in [3.63, 3.8) is 0 Å². The first-order valence-electron chi connectivity index (χ1n) is 9.91. The second-order valence-corrected chi connectivity index (χ2v) is 8.36. The first-order chi connectivity index (χ1) is 13.4. The number of thiophene rings is 1.